The minimum atomic E-state index is -0.0625. The van der Waals surface area contributed by atoms with Gasteiger partial charge in [0.25, 0.3) is 0 Å². The summed E-state index contributed by atoms with van der Waals surface area (Å²) in [7, 11) is 0. The fourth-order valence-corrected chi connectivity index (χ4v) is 3.84. The number of carbonyl (C=O) groups is 2. The fourth-order valence-electron chi connectivity index (χ4n) is 3.84. The largest absolute Gasteiger partial charge is 0.357 e. The molecule has 2 amide bonds. The molecule has 6 nitrogen and oxygen atoms in total. The van der Waals surface area contributed by atoms with Crippen LogP contribution in [0.3, 0.4) is 0 Å². The maximum Gasteiger partial charge on any atom is 0.229 e. The summed E-state index contributed by atoms with van der Waals surface area (Å²) in [5.41, 5.74) is 1.50. The molecule has 3 rings (SSSR count). The summed E-state index contributed by atoms with van der Waals surface area (Å²) in [4.78, 5) is 30.0. The van der Waals surface area contributed by atoms with Crippen LogP contribution >= 0.6 is 0 Å². The number of nitrogens with one attached hydrogen (secondary N) is 2. The predicted molar refractivity (Wildman–Crippen MR) is 107 cm³/mol. The molecular weight excluding hydrogens is 340 g/mol. The van der Waals surface area contributed by atoms with Gasteiger partial charge in [0.05, 0.1) is 6.54 Å². The summed E-state index contributed by atoms with van der Waals surface area (Å²) in [5, 5.41) is 6.54. The van der Waals surface area contributed by atoms with Crippen molar-refractivity contribution in [3.8, 4) is 0 Å². The first-order valence-electron chi connectivity index (χ1n) is 10.1. The molecule has 6 heteroatoms. The highest BCUT2D eigenvalue weighted by Crippen LogP contribution is 2.43. The second-order valence-electron chi connectivity index (χ2n) is 7.41. The van der Waals surface area contributed by atoms with Crippen LogP contribution in [0.25, 0.3) is 0 Å². The van der Waals surface area contributed by atoms with Crippen molar-refractivity contribution >= 4 is 17.8 Å². The summed E-state index contributed by atoms with van der Waals surface area (Å²) in [5.74, 6) is 0.622. The number of likely N-dealkylation sites (tertiary alicyclic amines) is 1. The second kappa shape index (κ2) is 9.02. The van der Waals surface area contributed by atoms with Crippen LogP contribution in [0.2, 0.25) is 0 Å². The van der Waals surface area contributed by atoms with Crippen LogP contribution in [0.5, 0.6) is 0 Å². The molecule has 1 aromatic rings. The van der Waals surface area contributed by atoms with E-state index in [0.29, 0.717) is 32.4 Å². The minimum Gasteiger partial charge on any atom is -0.357 e. The van der Waals surface area contributed by atoms with E-state index in [0.717, 1.165) is 31.9 Å². The molecule has 146 valence electrons. The van der Waals surface area contributed by atoms with Crippen molar-refractivity contribution in [2.45, 2.75) is 50.9 Å². The third kappa shape index (κ3) is 4.67. The molecule has 1 aliphatic carbocycles. The maximum atomic E-state index is 11.9. The molecule has 0 spiro atoms. The quantitative estimate of drug-likeness (QED) is 0.438. The predicted octanol–water partition coefficient (Wildman–Crippen LogP) is 2.20. The molecule has 1 aromatic carbocycles. The number of nitrogens with zero attached hydrogens (tertiary/aromatic N) is 2. The molecule has 0 bridgehead atoms. The SMILES string of the molecule is CCNC(=NCC1(c2ccccc2)CCC1)NCCN1C(=O)CCCC1=O. The van der Waals surface area contributed by atoms with Gasteiger partial charge in [-0.3, -0.25) is 19.5 Å². The van der Waals surface area contributed by atoms with Crippen LogP contribution in [0, 0.1) is 0 Å². The lowest BCUT2D eigenvalue weighted by Gasteiger charge is -2.41. The highest BCUT2D eigenvalue weighted by molar-refractivity contribution is 5.97. The Morgan fingerprint density at radius 2 is 1.78 bits per heavy atom. The fraction of sp³-hybridized carbons (Fsp3) is 0.571. The van der Waals surface area contributed by atoms with Crippen molar-refractivity contribution in [2.24, 2.45) is 4.99 Å². The summed E-state index contributed by atoms with van der Waals surface area (Å²) in [6, 6.07) is 10.6. The van der Waals surface area contributed by atoms with Crippen molar-refractivity contribution in [3.05, 3.63) is 35.9 Å². The van der Waals surface area contributed by atoms with Crippen LogP contribution in [-0.4, -0.2) is 48.9 Å². The number of rotatable bonds is 7. The molecule has 0 atom stereocenters. The van der Waals surface area contributed by atoms with Crippen LogP contribution in [0.4, 0.5) is 0 Å². The number of carbonyl (C=O) groups excluding carboxylic acids is 2. The lowest BCUT2D eigenvalue weighted by molar-refractivity contribution is -0.147. The second-order valence-corrected chi connectivity index (χ2v) is 7.41. The number of hydrogen-bond acceptors (Lipinski definition) is 3. The van der Waals surface area contributed by atoms with Gasteiger partial charge >= 0.3 is 0 Å². The number of guanidine groups is 1. The van der Waals surface area contributed by atoms with Crippen LogP contribution in [-0.2, 0) is 15.0 Å². The topological polar surface area (TPSA) is 73.8 Å². The van der Waals surface area contributed by atoms with Gasteiger partial charge in [-0.05, 0) is 31.7 Å². The van der Waals surface area contributed by atoms with Gasteiger partial charge in [0, 0.05) is 37.9 Å². The Hall–Kier alpha value is -2.37. The van der Waals surface area contributed by atoms with Crippen molar-refractivity contribution in [3.63, 3.8) is 0 Å². The van der Waals surface area contributed by atoms with Crippen molar-refractivity contribution in [1.29, 1.82) is 0 Å². The Bertz CT molecular complexity index is 667. The molecule has 2 N–H and O–H groups in total. The van der Waals surface area contributed by atoms with Gasteiger partial charge < -0.3 is 10.6 Å². The number of imide groups is 1. The summed E-state index contributed by atoms with van der Waals surface area (Å²) < 4.78 is 0. The Kier molecular flexibility index (Phi) is 6.48. The maximum absolute atomic E-state index is 11.9. The van der Waals surface area contributed by atoms with Gasteiger partial charge in [-0.25, -0.2) is 0 Å². The molecule has 1 aliphatic heterocycles. The van der Waals surface area contributed by atoms with Gasteiger partial charge in [0.1, 0.15) is 0 Å². The first-order chi connectivity index (χ1) is 13.1. The third-order valence-corrected chi connectivity index (χ3v) is 5.59. The molecule has 2 fully saturated rings. The Morgan fingerprint density at radius 3 is 2.37 bits per heavy atom. The zero-order valence-electron chi connectivity index (χ0n) is 16.2. The van der Waals surface area contributed by atoms with E-state index in [2.05, 4.69) is 34.9 Å². The normalized spacial score (nSPS) is 19.6. The van der Waals surface area contributed by atoms with Crippen molar-refractivity contribution < 1.29 is 9.59 Å². The van der Waals surface area contributed by atoms with Gasteiger partial charge in [0.2, 0.25) is 11.8 Å². The van der Waals surface area contributed by atoms with E-state index >= 15 is 0 Å². The smallest absolute Gasteiger partial charge is 0.229 e. The van der Waals surface area contributed by atoms with E-state index in [1.165, 1.54) is 16.9 Å². The molecule has 1 heterocycles. The lowest BCUT2D eigenvalue weighted by atomic mass is 9.64. The Balaban J connectivity index is 1.58. The first-order valence-corrected chi connectivity index (χ1v) is 10.1. The average Bonchev–Trinajstić information content (AvgIpc) is 2.64. The van der Waals surface area contributed by atoms with Gasteiger partial charge in [-0.15, -0.1) is 0 Å². The molecular formula is C21H30N4O2. The minimum absolute atomic E-state index is 0.0625. The Morgan fingerprint density at radius 1 is 1.07 bits per heavy atom. The summed E-state index contributed by atoms with van der Waals surface area (Å²) in [6.45, 7) is 4.46. The molecule has 27 heavy (non-hydrogen) atoms. The van der Waals surface area contributed by atoms with E-state index in [1.54, 1.807) is 0 Å². The number of aliphatic imine (C=N–C) groups is 1. The number of benzene rings is 1. The zero-order chi connectivity index (χ0) is 19.1. The highest BCUT2D eigenvalue weighted by atomic mass is 16.2. The van der Waals surface area contributed by atoms with Gasteiger partial charge in [-0.2, -0.15) is 0 Å². The highest BCUT2D eigenvalue weighted by Gasteiger charge is 2.38. The number of piperidine rings is 1. The van der Waals surface area contributed by atoms with E-state index in [1.807, 2.05) is 13.0 Å². The lowest BCUT2D eigenvalue weighted by Crippen LogP contribution is -2.47. The number of amides is 2. The molecule has 0 unspecified atom stereocenters. The zero-order valence-corrected chi connectivity index (χ0v) is 16.2. The molecule has 0 aromatic heterocycles. The average molecular weight is 370 g/mol. The standard InChI is InChI=1S/C21H30N4O2/c1-2-22-20(23-14-15-25-18(26)10-6-11-19(25)27)24-16-21(12-7-13-21)17-8-4-3-5-9-17/h3-5,8-9H,2,6-7,10-16H2,1H3,(H2,22,23,24). The number of hydrogen-bond donors (Lipinski definition) is 2. The van der Waals surface area contributed by atoms with Crippen LogP contribution < -0.4 is 10.6 Å². The Labute approximate surface area is 161 Å². The van der Waals surface area contributed by atoms with E-state index in [-0.39, 0.29) is 17.2 Å². The van der Waals surface area contributed by atoms with Crippen LogP contribution in [0.15, 0.2) is 35.3 Å². The third-order valence-electron chi connectivity index (χ3n) is 5.59. The van der Waals surface area contributed by atoms with Gasteiger partial charge in [0.15, 0.2) is 5.96 Å². The van der Waals surface area contributed by atoms with Crippen LogP contribution in [0.1, 0.15) is 51.0 Å². The summed E-state index contributed by atoms with van der Waals surface area (Å²) >= 11 is 0. The van der Waals surface area contributed by atoms with E-state index in [4.69, 9.17) is 4.99 Å². The molecule has 2 aliphatic rings. The van der Waals surface area contributed by atoms with E-state index in [9.17, 15) is 9.59 Å². The summed E-state index contributed by atoms with van der Waals surface area (Å²) in [6.07, 6.45) is 5.19. The molecule has 1 saturated carbocycles. The first kappa shape index (κ1) is 19.4. The van der Waals surface area contributed by atoms with Crippen molar-refractivity contribution in [1.82, 2.24) is 15.5 Å². The molecule has 1 saturated heterocycles. The van der Waals surface area contributed by atoms with Crippen molar-refractivity contribution in [2.75, 3.05) is 26.2 Å². The van der Waals surface area contributed by atoms with E-state index < -0.39 is 0 Å². The molecule has 0 radical (unpaired) electrons. The van der Waals surface area contributed by atoms with Gasteiger partial charge in [-0.1, -0.05) is 36.8 Å². The monoisotopic (exact) mass is 370 g/mol.